The van der Waals surface area contributed by atoms with Gasteiger partial charge in [-0.2, -0.15) is 0 Å². The van der Waals surface area contributed by atoms with E-state index in [0.29, 0.717) is 12.0 Å². The summed E-state index contributed by atoms with van der Waals surface area (Å²) in [4.78, 5) is 41.1. The highest BCUT2D eigenvalue weighted by molar-refractivity contribution is 5.97. The zero-order valence-electron chi connectivity index (χ0n) is 34.3. The van der Waals surface area contributed by atoms with Gasteiger partial charge < -0.3 is 15.0 Å². The molecule has 7 rings (SSSR count). The van der Waals surface area contributed by atoms with Crippen LogP contribution in [0.25, 0.3) is 12.2 Å². The first kappa shape index (κ1) is 39.6. The lowest BCUT2D eigenvalue weighted by atomic mass is 9.47. The van der Waals surface area contributed by atoms with E-state index in [-0.39, 0.29) is 55.1 Å². The Labute approximate surface area is 330 Å². The lowest BCUT2D eigenvalue weighted by molar-refractivity contribution is -0.152. The third-order valence-corrected chi connectivity index (χ3v) is 15.1. The second-order valence-corrected chi connectivity index (χ2v) is 18.8. The van der Waals surface area contributed by atoms with Crippen molar-refractivity contribution in [3.63, 3.8) is 0 Å². The fourth-order valence-corrected chi connectivity index (χ4v) is 12.1. The summed E-state index contributed by atoms with van der Waals surface area (Å²) in [5.41, 5.74) is 6.22. The summed E-state index contributed by atoms with van der Waals surface area (Å²) in [7, 11) is 0. The number of hydrogen-bond acceptors (Lipinski definition) is 4. The van der Waals surface area contributed by atoms with Crippen LogP contribution in [-0.2, 0) is 25.7 Å². The number of para-hydroxylation sites is 1. The first-order chi connectivity index (χ1) is 26.5. The molecule has 3 saturated carbocycles. The van der Waals surface area contributed by atoms with Crippen LogP contribution >= 0.6 is 0 Å². The van der Waals surface area contributed by atoms with Gasteiger partial charge in [-0.05, 0) is 114 Å². The molecule has 6 nitrogen and oxygen atoms in total. The third-order valence-electron chi connectivity index (χ3n) is 15.1. The van der Waals surface area contributed by atoms with Gasteiger partial charge in [0.2, 0.25) is 11.8 Å². The number of allylic oxidation sites excluding steroid dienone is 1. The average molecular weight is 747 g/mol. The standard InChI is InChI=1S/C49H66N2O4/c1-33(2)11-10-12-34(3)41-21-22-42-40-20-19-38-31-39(25-28-48(38,4)43(40)26-29-49(41,42)5)55-47(54)24-23-45(52)50-30-27-46(53)51-32-37-15-7-6-13-35(37)17-18-36-14-8-9-16-44(36)51/h6-9,13-19,33-34,39-43H,10-12,20-32H2,1-5H3,(H,50,52)/b18-17-/t34-,39+,40+,41-,42+,43+,48+,49-/m1/s1. The highest BCUT2D eigenvalue weighted by atomic mass is 16.5. The molecule has 0 spiro atoms. The second-order valence-electron chi connectivity index (χ2n) is 18.8. The highest BCUT2D eigenvalue weighted by Gasteiger charge is 2.59. The normalized spacial score (nSPS) is 30.6. The van der Waals surface area contributed by atoms with Crippen molar-refractivity contribution in [2.24, 2.45) is 46.3 Å². The fraction of sp³-hybridized carbons (Fsp3) is 0.612. The SMILES string of the molecule is CC(C)CCC[C@@H](C)[C@H]1CC[C@H]2[C@@H]3CC=C4C[C@@H](OC(=O)CCC(=O)NCCC(=O)N5Cc6ccccc6/C=C\c6ccccc65)CC[C@]4(C)[C@H]3CC[C@]12C. The summed E-state index contributed by atoms with van der Waals surface area (Å²) in [6.45, 7) is 13.1. The summed E-state index contributed by atoms with van der Waals surface area (Å²) in [6, 6.07) is 16.0. The van der Waals surface area contributed by atoms with E-state index in [1.165, 1.54) is 56.9 Å². The van der Waals surface area contributed by atoms with Gasteiger partial charge in [0.1, 0.15) is 6.10 Å². The Hall–Kier alpha value is -3.67. The first-order valence-electron chi connectivity index (χ1n) is 21.8. The summed E-state index contributed by atoms with van der Waals surface area (Å²) < 4.78 is 6.02. The number of nitrogens with zero attached hydrogens (tertiary/aromatic N) is 1. The van der Waals surface area contributed by atoms with Gasteiger partial charge in [-0.25, -0.2) is 0 Å². The summed E-state index contributed by atoms with van der Waals surface area (Å²) >= 11 is 0. The van der Waals surface area contributed by atoms with Gasteiger partial charge in [-0.3, -0.25) is 14.4 Å². The zero-order chi connectivity index (χ0) is 38.7. The predicted octanol–water partition coefficient (Wildman–Crippen LogP) is 10.9. The van der Waals surface area contributed by atoms with Crippen molar-refractivity contribution in [2.75, 3.05) is 11.4 Å². The monoisotopic (exact) mass is 747 g/mol. The number of carbonyl (C=O) groups excluding carboxylic acids is 3. The summed E-state index contributed by atoms with van der Waals surface area (Å²) in [5.74, 6) is 4.27. The summed E-state index contributed by atoms with van der Waals surface area (Å²) in [6.07, 6.45) is 20.5. The number of esters is 1. The maximum absolute atomic E-state index is 13.5. The van der Waals surface area contributed by atoms with Crippen LogP contribution in [0.5, 0.6) is 0 Å². The number of carbonyl (C=O) groups is 3. The zero-order valence-corrected chi connectivity index (χ0v) is 34.3. The van der Waals surface area contributed by atoms with E-state index < -0.39 is 0 Å². The first-order valence-corrected chi connectivity index (χ1v) is 21.8. The van der Waals surface area contributed by atoms with Crippen LogP contribution in [0, 0.1) is 46.3 Å². The molecule has 0 unspecified atom stereocenters. The molecule has 2 aromatic rings. The molecular formula is C49H66N2O4. The van der Waals surface area contributed by atoms with Crippen molar-refractivity contribution in [3.8, 4) is 0 Å². The van der Waals surface area contributed by atoms with Gasteiger partial charge >= 0.3 is 5.97 Å². The van der Waals surface area contributed by atoms with E-state index in [1.54, 1.807) is 0 Å². The third kappa shape index (κ3) is 8.40. The number of benzene rings is 2. The Morgan fingerprint density at radius 2 is 1.62 bits per heavy atom. The molecule has 6 heteroatoms. The Morgan fingerprint density at radius 1 is 0.855 bits per heavy atom. The molecule has 5 aliphatic rings. The minimum Gasteiger partial charge on any atom is -0.462 e. The number of anilines is 1. The van der Waals surface area contributed by atoms with Crippen LogP contribution in [0.3, 0.4) is 0 Å². The molecule has 55 heavy (non-hydrogen) atoms. The van der Waals surface area contributed by atoms with Crippen molar-refractivity contribution in [2.45, 2.75) is 137 Å². The lowest BCUT2D eigenvalue weighted by Gasteiger charge is -2.58. The van der Waals surface area contributed by atoms with E-state index in [4.69, 9.17) is 4.74 Å². The van der Waals surface area contributed by atoms with Crippen LogP contribution in [-0.4, -0.2) is 30.4 Å². The van der Waals surface area contributed by atoms with Gasteiger partial charge in [0.05, 0.1) is 18.7 Å². The minimum absolute atomic E-state index is 0.0528. The van der Waals surface area contributed by atoms with Crippen LogP contribution in [0.1, 0.15) is 141 Å². The predicted molar refractivity (Wildman–Crippen MR) is 223 cm³/mol. The van der Waals surface area contributed by atoms with Crippen molar-refractivity contribution in [3.05, 3.63) is 76.9 Å². The Balaban J connectivity index is 0.866. The van der Waals surface area contributed by atoms with Crippen LogP contribution < -0.4 is 10.2 Å². The highest BCUT2D eigenvalue weighted by Crippen LogP contribution is 2.67. The number of amides is 2. The molecule has 0 bridgehead atoms. The number of fused-ring (bicyclic) bond motifs is 7. The maximum atomic E-state index is 13.5. The van der Waals surface area contributed by atoms with E-state index in [9.17, 15) is 14.4 Å². The van der Waals surface area contributed by atoms with Gasteiger partial charge in [0, 0.05) is 25.8 Å². The molecule has 1 aliphatic heterocycles. The number of rotatable bonds is 12. The van der Waals surface area contributed by atoms with Crippen LogP contribution in [0.2, 0.25) is 0 Å². The topological polar surface area (TPSA) is 75.7 Å². The quantitative estimate of drug-likeness (QED) is 0.173. The number of nitrogens with one attached hydrogen (secondary N) is 1. The fourth-order valence-electron chi connectivity index (χ4n) is 12.1. The molecule has 296 valence electrons. The van der Waals surface area contributed by atoms with Gasteiger partial charge in [-0.15, -0.1) is 0 Å². The molecular weight excluding hydrogens is 681 g/mol. The molecule has 2 aromatic carbocycles. The Kier molecular flexibility index (Phi) is 12.1. The molecule has 0 saturated heterocycles. The van der Waals surface area contributed by atoms with Gasteiger partial charge in [0.25, 0.3) is 0 Å². The molecule has 3 fully saturated rings. The van der Waals surface area contributed by atoms with Crippen molar-refractivity contribution >= 4 is 35.6 Å². The van der Waals surface area contributed by atoms with Crippen LogP contribution in [0.4, 0.5) is 5.69 Å². The van der Waals surface area contributed by atoms with Crippen molar-refractivity contribution in [1.29, 1.82) is 0 Å². The molecule has 8 atom stereocenters. The molecule has 1 heterocycles. The van der Waals surface area contributed by atoms with E-state index >= 15 is 0 Å². The van der Waals surface area contributed by atoms with E-state index in [1.807, 2.05) is 53.4 Å². The average Bonchev–Trinajstić information content (AvgIpc) is 3.52. The number of ether oxygens (including phenoxy) is 1. The van der Waals surface area contributed by atoms with Gasteiger partial charge in [0.15, 0.2) is 0 Å². The maximum Gasteiger partial charge on any atom is 0.306 e. The largest absolute Gasteiger partial charge is 0.462 e. The van der Waals surface area contributed by atoms with Crippen molar-refractivity contribution < 1.29 is 19.1 Å². The molecule has 2 amide bonds. The second kappa shape index (κ2) is 16.8. The Morgan fingerprint density at radius 3 is 2.44 bits per heavy atom. The van der Waals surface area contributed by atoms with Crippen LogP contribution in [0.15, 0.2) is 60.2 Å². The smallest absolute Gasteiger partial charge is 0.306 e. The van der Waals surface area contributed by atoms with E-state index in [2.05, 4.69) is 58.2 Å². The van der Waals surface area contributed by atoms with E-state index in [0.717, 1.165) is 77.1 Å². The Bertz CT molecular complexity index is 1780. The molecule has 4 aliphatic carbocycles. The minimum atomic E-state index is -0.300. The molecule has 0 radical (unpaired) electrons. The van der Waals surface area contributed by atoms with Crippen molar-refractivity contribution in [1.82, 2.24) is 5.32 Å². The molecule has 1 N–H and O–H groups in total. The lowest BCUT2D eigenvalue weighted by Crippen LogP contribution is -2.51. The summed E-state index contributed by atoms with van der Waals surface area (Å²) in [5, 5.41) is 2.87. The number of hydrogen-bond donors (Lipinski definition) is 1. The molecule has 0 aromatic heterocycles. The van der Waals surface area contributed by atoms with Gasteiger partial charge in [-0.1, -0.05) is 120 Å².